The van der Waals surface area contributed by atoms with Crippen LogP contribution in [-0.2, 0) is 18.2 Å². The van der Waals surface area contributed by atoms with Gasteiger partial charge in [0, 0.05) is 30.9 Å². The summed E-state index contributed by atoms with van der Waals surface area (Å²) < 4.78 is 15.0. The summed E-state index contributed by atoms with van der Waals surface area (Å²) in [6.07, 6.45) is 7.09. The van der Waals surface area contributed by atoms with Crippen molar-refractivity contribution in [2.24, 2.45) is 7.05 Å². The van der Waals surface area contributed by atoms with Crippen molar-refractivity contribution < 1.29 is 9.47 Å². The SMILES string of the molecule is C=CC.CC.CCc1nn(C)cc1-c1cc(OC2CCOC2)c2c(Nc3ccc4ncsc4c3)ncnc2c1. The average Bonchev–Trinajstić information content (AvgIpc) is 3.71. The molecule has 0 bridgehead atoms. The normalized spacial score (nSPS) is 14.3. The number of rotatable bonds is 6. The molecule has 3 aromatic heterocycles. The number of hydrogen-bond donors (Lipinski definition) is 1. The highest BCUT2D eigenvalue weighted by molar-refractivity contribution is 7.16. The predicted octanol–water partition coefficient (Wildman–Crippen LogP) is 7.33. The van der Waals surface area contributed by atoms with Crippen LogP contribution in [0.4, 0.5) is 11.5 Å². The lowest BCUT2D eigenvalue weighted by atomic mass is 10.0. The number of anilines is 2. The molecular formula is C30H36N6O2S. The first-order chi connectivity index (χ1) is 19.1. The first kappa shape index (κ1) is 28.2. The Kier molecular flexibility index (Phi) is 9.62. The third-order valence-corrected chi connectivity index (χ3v) is 6.82. The van der Waals surface area contributed by atoms with Gasteiger partial charge in [-0.2, -0.15) is 5.10 Å². The molecule has 1 fully saturated rings. The number of ether oxygens (including phenoxy) is 2. The Morgan fingerprint density at radius 3 is 2.74 bits per heavy atom. The Hall–Kier alpha value is -3.82. The van der Waals surface area contributed by atoms with E-state index in [0.29, 0.717) is 19.0 Å². The molecular weight excluding hydrogens is 508 g/mol. The zero-order chi connectivity index (χ0) is 27.8. The van der Waals surface area contributed by atoms with Crippen LogP contribution in [0.15, 0.2) is 61.0 Å². The van der Waals surface area contributed by atoms with Crippen molar-refractivity contribution in [2.45, 2.75) is 46.6 Å². The van der Waals surface area contributed by atoms with E-state index in [4.69, 9.17) is 9.47 Å². The van der Waals surface area contributed by atoms with Gasteiger partial charge in [-0.25, -0.2) is 15.0 Å². The van der Waals surface area contributed by atoms with E-state index in [9.17, 15) is 0 Å². The molecule has 0 amide bonds. The molecule has 1 aliphatic heterocycles. The van der Waals surface area contributed by atoms with Crippen molar-refractivity contribution in [2.75, 3.05) is 18.5 Å². The average molecular weight is 545 g/mol. The molecule has 0 saturated carbocycles. The van der Waals surface area contributed by atoms with Crippen LogP contribution in [0.3, 0.4) is 0 Å². The molecule has 1 aliphatic rings. The van der Waals surface area contributed by atoms with Gasteiger partial charge >= 0.3 is 0 Å². The number of nitrogens with zero attached hydrogens (tertiary/aromatic N) is 5. The summed E-state index contributed by atoms with van der Waals surface area (Å²) >= 11 is 1.61. The Morgan fingerprint density at radius 2 is 2.00 bits per heavy atom. The van der Waals surface area contributed by atoms with Gasteiger partial charge in [-0.15, -0.1) is 17.9 Å². The summed E-state index contributed by atoms with van der Waals surface area (Å²) in [5.41, 5.74) is 7.76. The highest BCUT2D eigenvalue weighted by Crippen LogP contribution is 2.38. The van der Waals surface area contributed by atoms with Crippen LogP contribution >= 0.6 is 11.3 Å². The van der Waals surface area contributed by atoms with Crippen molar-refractivity contribution in [1.29, 1.82) is 0 Å². The van der Waals surface area contributed by atoms with Crippen LogP contribution in [0.25, 0.3) is 32.2 Å². The molecule has 1 atom stereocenters. The van der Waals surface area contributed by atoms with E-state index < -0.39 is 0 Å². The fourth-order valence-electron chi connectivity index (χ4n) is 4.39. The Balaban J connectivity index is 0.000000662. The van der Waals surface area contributed by atoms with E-state index in [2.05, 4.69) is 57.1 Å². The fourth-order valence-corrected chi connectivity index (χ4v) is 5.11. The lowest BCUT2D eigenvalue weighted by Crippen LogP contribution is -2.16. The van der Waals surface area contributed by atoms with E-state index in [-0.39, 0.29) is 6.10 Å². The maximum atomic E-state index is 6.49. The number of hydrogen-bond acceptors (Lipinski definition) is 8. The lowest BCUT2D eigenvalue weighted by Gasteiger charge is -2.17. The maximum Gasteiger partial charge on any atom is 0.145 e. The number of aryl methyl sites for hydroxylation is 2. The number of thiazole rings is 1. The summed E-state index contributed by atoms with van der Waals surface area (Å²) in [6, 6.07) is 10.3. The van der Waals surface area contributed by atoms with Crippen LogP contribution < -0.4 is 10.1 Å². The molecule has 0 spiro atoms. The van der Waals surface area contributed by atoms with Gasteiger partial charge in [0.25, 0.3) is 0 Å². The molecule has 4 heterocycles. The second-order valence-corrected chi connectivity index (χ2v) is 9.67. The first-order valence-electron chi connectivity index (χ1n) is 13.3. The number of allylic oxidation sites excluding steroid dienone is 1. The molecule has 6 rings (SSSR count). The minimum atomic E-state index is -0.000377. The van der Waals surface area contributed by atoms with E-state index in [1.54, 1.807) is 23.7 Å². The summed E-state index contributed by atoms with van der Waals surface area (Å²) in [4.78, 5) is 13.6. The maximum absolute atomic E-state index is 6.49. The zero-order valence-corrected chi connectivity index (χ0v) is 24.1. The van der Waals surface area contributed by atoms with Crippen LogP contribution in [0, 0.1) is 0 Å². The number of fused-ring (bicyclic) bond motifs is 2. The van der Waals surface area contributed by atoms with Crippen LogP contribution in [0.1, 0.15) is 39.8 Å². The minimum absolute atomic E-state index is 0.000377. The minimum Gasteiger partial charge on any atom is -0.487 e. The third kappa shape index (κ3) is 6.43. The molecule has 0 aliphatic carbocycles. The topological polar surface area (TPSA) is 87.0 Å². The van der Waals surface area contributed by atoms with Crippen molar-refractivity contribution in [3.05, 3.63) is 66.7 Å². The molecule has 5 aromatic rings. The molecule has 2 aromatic carbocycles. The summed E-state index contributed by atoms with van der Waals surface area (Å²) in [5, 5.41) is 8.95. The highest BCUT2D eigenvalue weighted by atomic mass is 32.1. The van der Waals surface area contributed by atoms with Gasteiger partial charge in [0.05, 0.1) is 45.5 Å². The monoisotopic (exact) mass is 544 g/mol. The van der Waals surface area contributed by atoms with Crippen LogP contribution in [0.5, 0.6) is 5.75 Å². The predicted molar refractivity (Wildman–Crippen MR) is 161 cm³/mol. The van der Waals surface area contributed by atoms with Crippen LogP contribution in [0.2, 0.25) is 0 Å². The number of aromatic nitrogens is 5. The van der Waals surface area contributed by atoms with Gasteiger partial charge in [-0.05, 0) is 49.2 Å². The Morgan fingerprint density at radius 1 is 1.18 bits per heavy atom. The van der Waals surface area contributed by atoms with Crippen molar-refractivity contribution in [3.8, 4) is 16.9 Å². The second-order valence-electron chi connectivity index (χ2n) is 8.78. The first-order valence-corrected chi connectivity index (χ1v) is 14.2. The van der Waals surface area contributed by atoms with Crippen molar-refractivity contribution >= 4 is 44.0 Å². The van der Waals surface area contributed by atoms with E-state index in [0.717, 1.165) is 62.2 Å². The molecule has 1 saturated heterocycles. The van der Waals surface area contributed by atoms with Gasteiger partial charge in [0.1, 0.15) is 24.0 Å². The quantitative estimate of drug-likeness (QED) is 0.224. The second kappa shape index (κ2) is 13.3. The van der Waals surface area contributed by atoms with Gasteiger partial charge < -0.3 is 14.8 Å². The summed E-state index contributed by atoms with van der Waals surface area (Å²) in [6.45, 7) is 12.7. The molecule has 1 N–H and O–H groups in total. The van der Waals surface area contributed by atoms with Gasteiger partial charge in [0.15, 0.2) is 0 Å². The Bertz CT molecular complexity index is 1540. The molecule has 9 heteroatoms. The number of nitrogens with one attached hydrogen (secondary N) is 1. The highest BCUT2D eigenvalue weighted by Gasteiger charge is 2.22. The van der Waals surface area contributed by atoms with Gasteiger partial charge in [0.2, 0.25) is 0 Å². The van der Waals surface area contributed by atoms with Crippen molar-refractivity contribution in [3.63, 3.8) is 0 Å². The standard InChI is InChI=1S/C25H24N6O2S.C3H6.C2H6/c1-3-19-18(11-31(2)30-19)15-8-21-24(22(9-15)33-17-6-7-32-12-17)25(27-13-26-21)29-16-4-5-20-23(10-16)34-14-28-20;1-3-2;1-2/h4-5,8-11,13-14,17H,3,6-7,12H2,1-2H3,(H,26,27,29);3H,1H2,2H3;1-2H3. The Labute approximate surface area is 233 Å². The summed E-state index contributed by atoms with van der Waals surface area (Å²) in [5.74, 6) is 1.45. The lowest BCUT2D eigenvalue weighted by molar-refractivity contribution is 0.142. The molecule has 1 unspecified atom stereocenters. The van der Waals surface area contributed by atoms with Crippen molar-refractivity contribution in [1.82, 2.24) is 24.7 Å². The van der Waals surface area contributed by atoms with E-state index in [1.807, 2.05) is 56.3 Å². The molecule has 39 heavy (non-hydrogen) atoms. The van der Waals surface area contributed by atoms with E-state index in [1.165, 1.54) is 0 Å². The largest absolute Gasteiger partial charge is 0.487 e. The fraction of sp³-hybridized carbons (Fsp3) is 0.333. The molecule has 204 valence electrons. The van der Waals surface area contributed by atoms with Gasteiger partial charge in [-0.1, -0.05) is 26.8 Å². The van der Waals surface area contributed by atoms with Crippen LogP contribution in [-0.4, -0.2) is 44.1 Å². The summed E-state index contributed by atoms with van der Waals surface area (Å²) in [7, 11) is 1.95. The van der Waals surface area contributed by atoms with Gasteiger partial charge in [-0.3, -0.25) is 4.68 Å². The third-order valence-electron chi connectivity index (χ3n) is 6.03. The smallest absolute Gasteiger partial charge is 0.145 e. The molecule has 8 nitrogen and oxygen atoms in total. The number of benzene rings is 2. The molecule has 0 radical (unpaired) electrons. The van der Waals surface area contributed by atoms with E-state index >= 15 is 0 Å². The zero-order valence-electron chi connectivity index (χ0n) is 23.3.